The summed E-state index contributed by atoms with van der Waals surface area (Å²) in [5.74, 6) is -0.0997. The Kier molecular flexibility index (Phi) is 6.68. The molecule has 0 saturated carbocycles. The smallest absolute Gasteiger partial charge is 0.262 e. The van der Waals surface area contributed by atoms with Crippen LogP contribution < -0.4 is 15.4 Å². The molecular weight excluding hydrogens is 368 g/mol. The van der Waals surface area contributed by atoms with Gasteiger partial charge in [0, 0.05) is 24.4 Å². The van der Waals surface area contributed by atoms with Gasteiger partial charge in [-0.1, -0.05) is 29.8 Å². The van der Waals surface area contributed by atoms with Crippen LogP contribution in [-0.2, 0) is 9.53 Å². The maximum Gasteiger partial charge on any atom is 0.262 e. The molecular formula is C20H21ClN2O4. The van der Waals surface area contributed by atoms with E-state index in [1.807, 2.05) is 0 Å². The molecule has 1 aliphatic rings. The first-order valence-electron chi connectivity index (χ1n) is 8.79. The van der Waals surface area contributed by atoms with Gasteiger partial charge in [-0.05, 0) is 43.2 Å². The molecule has 1 aliphatic heterocycles. The zero-order chi connectivity index (χ0) is 19.1. The van der Waals surface area contributed by atoms with Crippen molar-refractivity contribution >= 4 is 29.1 Å². The number of halogens is 1. The molecule has 2 aromatic carbocycles. The standard InChI is InChI=1S/C20H21ClN2O4/c21-17-8-1-2-9-18(17)27-13-19(24)23-15-6-3-5-14(11-15)20(25)22-12-16-7-4-10-26-16/h1-3,5-6,8-9,11,16H,4,7,10,12-13H2,(H,22,25)(H,23,24). The van der Waals surface area contributed by atoms with Crippen LogP contribution in [0.15, 0.2) is 48.5 Å². The van der Waals surface area contributed by atoms with Crippen molar-refractivity contribution in [3.05, 3.63) is 59.1 Å². The minimum absolute atomic E-state index is 0.0822. The molecule has 0 radical (unpaired) electrons. The zero-order valence-corrected chi connectivity index (χ0v) is 15.5. The Labute approximate surface area is 162 Å². The molecule has 0 aliphatic carbocycles. The largest absolute Gasteiger partial charge is 0.482 e. The Bertz CT molecular complexity index is 806. The molecule has 2 aromatic rings. The van der Waals surface area contributed by atoms with Crippen LogP contribution in [0.3, 0.4) is 0 Å². The monoisotopic (exact) mass is 388 g/mol. The third-order valence-corrected chi connectivity index (χ3v) is 4.43. The van der Waals surface area contributed by atoms with E-state index in [1.54, 1.807) is 48.5 Å². The summed E-state index contributed by atoms with van der Waals surface area (Å²) in [6, 6.07) is 13.7. The topological polar surface area (TPSA) is 76.7 Å². The average Bonchev–Trinajstić information content (AvgIpc) is 3.19. The first-order valence-corrected chi connectivity index (χ1v) is 9.16. The van der Waals surface area contributed by atoms with Crippen LogP contribution in [0, 0.1) is 0 Å². The third kappa shape index (κ3) is 5.70. The van der Waals surface area contributed by atoms with Crippen LogP contribution in [0.5, 0.6) is 5.75 Å². The Morgan fingerprint density at radius 2 is 2.04 bits per heavy atom. The molecule has 27 heavy (non-hydrogen) atoms. The van der Waals surface area contributed by atoms with Gasteiger partial charge in [0.05, 0.1) is 11.1 Å². The molecule has 142 valence electrons. The van der Waals surface area contributed by atoms with Crippen LogP contribution >= 0.6 is 11.6 Å². The van der Waals surface area contributed by atoms with Gasteiger partial charge >= 0.3 is 0 Å². The van der Waals surface area contributed by atoms with Crippen LogP contribution in [0.1, 0.15) is 23.2 Å². The minimum Gasteiger partial charge on any atom is -0.482 e. The molecule has 1 unspecified atom stereocenters. The van der Waals surface area contributed by atoms with Gasteiger partial charge in [-0.25, -0.2) is 0 Å². The lowest BCUT2D eigenvalue weighted by molar-refractivity contribution is -0.118. The first-order chi connectivity index (χ1) is 13.1. The lowest BCUT2D eigenvalue weighted by Gasteiger charge is -2.12. The molecule has 2 amide bonds. The van der Waals surface area contributed by atoms with Crippen molar-refractivity contribution in [1.82, 2.24) is 5.32 Å². The van der Waals surface area contributed by atoms with E-state index in [0.29, 0.717) is 28.6 Å². The number of amides is 2. The number of hydrogen-bond donors (Lipinski definition) is 2. The van der Waals surface area contributed by atoms with E-state index in [0.717, 1.165) is 19.4 Å². The predicted molar refractivity (Wildman–Crippen MR) is 103 cm³/mol. The van der Waals surface area contributed by atoms with Gasteiger partial charge in [0.15, 0.2) is 6.61 Å². The first kappa shape index (κ1) is 19.2. The molecule has 0 aromatic heterocycles. The van der Waals surface area contributed by atoms with E-state index in [2.05, 4.69) is 10.6 Å². The lowest BCUT2D eigenvalue weighted by Crippen LogP contribution is -2.31. The number of hydrogen-bond acceptors (Lipinski definition) is 4. The van der Waals surface area contributed by atoms with E-state index >= 15 is 0 Å². The second-order valence-electron chi connectivity index (χ2n) is 6.19. The fourth-order valence-electron chi connectivity index (χ4n) is 2.75. The molecule has 1 atom stereocenters. The van der Waals surface area contributed by atoms with Gasteiger partial charge in [-0.2, -0.15) is 0 Å². The van der Waals surface area contributed by atoms with Crippen molar-refractivity contribution in [1.29, 1.82) is 0 Å². The van der Waals surface area contributed by atoms with E-state index in [-0.39, 0.29) is 24.5 Å². The van der Waals surface area contributed by atoms with Crippen molar-refractivity contribution in [2.24, 2.45) is 0 Å². The van der Waals surface area contributed by atoms with Gasteiger partial charge in [0.2, 0.25) is 0 Å². The van der Waals surface area contributed by atoms with Gasteiger partial charge in [-0.3, -0.25) is 9.59 Å². The molecule has 1 heterocycles. The van der Waals surface area contributed by atoms with Gasteiger partial charge in [0.25, 0.3) is 11.8 Å². The van der Waals surface area contributed by atoms with Crippen LogP contribution in [0.25, 0.3) is 0 Å². The molecule has 0 spiro atoms. The third-order valence-electron chi connectivity index (χ3n) is 4.12. The number of nitrogens with one attached hydrogen (secondary N) is 2. The molecule has 7 heteroatoms. The maximum absolute atomic E-state index is 12.3. The summed E-state index contributed by atoms with van der Waals surface area (Å²) >= 11 is 5.99. The molecule has 3 rings (SSSR count). The van der Waals surface area contributed by atoms with Crippen LogP contribution in [0.4, 0.5) is 5.69 Å². The quantitative estimate of drug-likeness (QED) is 0.763. The van der Waals surface area contributed by atoms with Crippen LogP contribution in [0.2, 0.25) is 5.02 Å². The number of anilines is 1. The summed E-state index contributed by atoms with van der Waals surface area (Å²) in [6.07, 6.45) is 2.07. The highest BCUT2D eigenvalue weighted by molar-refractivity contribution is 6.32. The summed E-state index contributed by atoms with van der Waals surface area (Å²) in [7, 11) is 0. The number of carbonyl (C=O) groups is 2. The van der Waals surface area contributed by atoms with Crippen molar-refractivity contribution in [3.63, 3.8) is 0 Å². The van der Waals surface area contributed by atoms with Crippen LogP contribution in [-0.4, -0.2) is 37.7 Å². The molecule has 2 N–H and O–H groups in total. The van der Waals surface area contributed by atoms with Crippen molar-refractivity contribution < 1.29 is 19.1 Å². The number of ether oxygens (including phenoxy) is 2. The molecule has 1 saturated heterocycles. The SMILES string of the molecule is O=C(COc1ccccc1Cl)Nc1cccc(C(=O)NCC2CCCO2)c1. The fraction of sp³-hybridized carbons (Fsp3) is 0.300. The van der Waals surface area contributed by atoms with E-state index in [9.17, 15) is 9.59 Å². The lowest BCUT2D eigenvalue weighted by atomic mass is 10.1. The van der Waals surface area contributed by atoms with E-state index < -0.39 is 0 Å². The Morgan fingerprint density at radius 1 is 1.19 bits per heavy atom. The Hall–Kier alpha value is -2.57. The number of carbonyl (C=O) groups excluding carboxylic acids is 2. The summed E-state index contributed by atoms with van der Waals surface area (Å²) in [6.45, 7) is 1.05. The van der Waals surface area contributed by atoms with Crippen molar-refractivity contribution in [2.45, 2.75) is 18.9 Å². The second kappa shape index (κ2) is 9.39. The fourth-order valence-corrected chi connectivity index (χ4v) is 2.94. The summed E-state index contributed by atoms with van der Waals surface area (Å²) < 4.78 is 10.9. The summed E-state index contributed by atoms with van der Waals surface area (Å²) in [5.41, 5.74) is 0.991. The second-order valence-corrected chi connectivity index (χ2v) is 6.60. The molecule has 1 fully saturated rings. The van der Waals surface area contributed by atoms with Crippen molar-refractivity contribution in [3.8, 4) is 5.75 Å². The highest BCUT2D eigenvalue weighted by Gasteiger charge is 2.17. The maximum atomic E-state index is 12.3. The molecule has 6 nitrogen and oxygen atoms in total. The highest BCUT2D eigenvalue weighted by Crippen LogP contribution is 2.23. The van der Waals surface area contributed by atoms with Crippen molar-refractivity contribution in [2.75, 3.05) is 25.1 Å². The zero-order valence-electron chi connectivity index (χ0n) is 14.7. The summed E-state index contributed by atoms with van der Waals surface area (Å²) in [4.78, 5) is 24.4. The average molecular weight is 389 g/mol. The predicted octanol–water partition coefficient (Wildman–Crippen LogP) is 3.27. The van der Waals surface area contributed by atoms with Gasteiger partial charge in [0.1, 0.15) is 5.75 Å². The van der Waals surface area contributed by atoms with Gasteiger partial charge < -0.3 is 20.1 Å². The van der Waals surface area contributed by atoms with Gasteiger partial charge in [-0.15, -0.1) is 0 Å². The highest BCUT2D eigenvalue weighted by atomic mass is 35.5. The summed E-state index contributed by atoms with van der Waals surface area (Å²) in [5, 5.41) is 6.01. The molecule has 0 bridgehead atoms. The minimum atomic E-state index is -0.341. The normalized spacial score (nSPS) is 16.0. The van der Waals surface area contributed by atoms with E-state index in [4.69, 9.17) is 21.1 Å². The van der Waals surface area contributed by atoms with E-state index in [1.165, 1.54) is 0 Å². The number of benzene rings is 2. The Morgan fingerprint density at radius 3 is 2.81 bits per heavy atom. The number of para-hydroxylation sites is 1. The Balaban J connectivity index is 1.51. The number of rotatable bonds is 7.